The Balaban J connectivity index is 0.000000237. The van der Waals surface area contributed by atoms with Gasteiger partial charge in [-0.1, -0.05) is 13.8 Å². The Hall–Kier alpha value is -4.80. The summed E-state index contributed by atoms with van der Waals surface area (Å²) in [6, 6.07) is 9.01. The van der Waals surface area contributed by atoms with Crippen LogP contribution in [0, 0.1) is 5.92 Å². The van der Waals surface area contributed by atoms with Crippen molar-refractivity contribution in [1.29, 1.82) is 0 Å². The number of carboxylic acid groups (broad SMARTS) is 1. The minimum atomic E-state index is -1.29. The van der Waals surface area contributed by atoms with Crippen LogP contribution in [0.5, 0.6) is 46.0 Å². The standard InChI is InChI=1S/C23H24O6.C7H6O5/c1-11(2)16-8-14-15(28-16)6-5-12-22(24)21-13-7-18(25-3)19(26-4)9-17(13)27-10-20(21)29-23(12)14;8-4-1-3(7(11)12)2-5(9)6(4)10/h5-7,9,11,16,20-21H,8,10H2,1-4H3;1-2,8-10H,(H,11,12). The number of aromatic hydroxyl groups is 3. The van der Waals surface area contributed by atoms with Gasteiger partial charge in [0.15, 0.2) is 34.5 Å². The highest BCUT2D eigenvalue weighted by Gasteiger charge is 2.45. The summed E-state index contributed by atoms with van der Waals surface area (Å²) in [5.74, 6) is -0.0931. The molecule has 3 aromatic carbocycles. The van der Waals surface area contributed by atoms with Crippen molar-refractivity contribution in [2.24, 2.45) is 5.92 Å². The monoisotopic (exact) mass is 566 g/mol. The number of carboxylic acids is 1. The summed E-state index contributed by atoms with van der Waals surface area (Å²) in [7, 11) is 3.16. The van der Waals surface area contributed by atoms with Crippen LogP contribution in [0.1, 0.15) is 51.6 Å². The molecule has 3 aliphatic rings. The van der Waals surface area contributed by atoms with Crippen LogP contribution in [0.3, 0.4) is 0 Å². The molecule has 41 heavy (non-hydrogen) atoms. The highest BCUT2D eigenvalue weighted by Crippen LogP contribution is 2.50. The summed E-state index contributed by atoms with van der Waals surface area (Å²) in [5, 5.41) is 35.0. The maximum atomic E-state index is 13.5. The zero-order chi connectivity index (χ0) is 29.6. The molecule has 0 fully saturated rings. The Morgan fingerprint density at radius 2 is 1.61 bits per heavy atom. The van der Waals surface area contributed by atoms with Crippen molar-refractivity contribution in [1.82, 2.24) is 0 Å². The maximum Gasteiger partial charge on any atom is 0.335 e. The molecule has 0 amide bonds. The SMILES string of the molecule is COc1cc2c(cc1OC)C1C(=O)c3ccc4c(c3OC1CO2)CC(C(C)C)O4.O=C(O)c1cc(O)c(O)c(O)c1. The van der Waals surface area contributed by atoms with Crippen LogP contribution < -0.4 is 23.7 Å². The van der Waals surface area contributed by atoms with Crippen LogP contribution in [0.4, 0.5) is 0 Å². The molecule has 11 nitrogen and oxygen atoms in total. The van der Waals surface area contributed by atoms with E-state index in [4.69, 9.17) is 44.1 Å². The zero-order valence-corrected chi connectivity index (χ0v) is 22.8. The molecule has 3 unspecified atom stereocenters. The van der Waals surface area contributed by atoms with Gasteiger partial charge in [0.05, 0.1) is 31.3 Å². The quantitative estimate of drug-likeness (QED) is 0.334. The van der Waals surface area contributed by atoms with Gasteiger partial charge in [0.2, 0.25) is 0 Å². The average molecular weight is 567 g/mol. The number of hydrogen-bond acceptors (Lipinski definition) is 10. The fourth-order valence-electron chi connectivity index (χ4n) is 5.19. The first-order chi connectivity index (χ1) is 19.5. The minimum Gasteiger partial charge on any atom is -0.504 e. The van der Waals surface area contributed by atoms with E-state index in [1.165, 1.54) is 0 Å². The first kappa shape index (κ1) is 27.8. The van der Waals surface area contributed by atoms with Crippen molar-refractivity contribution < 1.29 is 53.7 Å². The van der Waals surface area contributed by atoms with E-state index < -0.39 is 29.1 Å². The number of carbonyl (C=O) groups is 2. The van der Waals surface area contributed by atoms with Crippen molar-refractivity contribution in [3.63, 3.8) is 0 Å². The van der Waals surface area contributed by atoms with E-state index in [2.05, 4.69) is 13.8 Å². The second kappa shape index (κ2) is 10.6. The molecule has 4 N–H and O–H groups in total. The van der Waals surface area contributed by atoms with Gasteiger partial charge < -0.3 is 44.1 Å². The third-order valence-electron chi connectivity index (χ3n) is 7.40. The van der Waals surface area contributed by atoms with Crippen molar-refractivity contribution >= 4 is 11.8 Å². The third kappa shape index (κ3) is 4.88. The van der Waals surface area contributed by atoms with E-state index in [1.807, 2.05) is 18.2 Å². The van der Waals surface area contributed by atoms with Crippen molar-refractivity contribution in [2.45, 2.75) is 38.4 Å². The minimum absolute atomic E-state index is 0.0452. The number of hydrogen-bond donors (Lipinski definition) is 4. The summed E-state index contributed by atoms with van der Waals surface area (Å²) in [6.45, 7) is 4.58. The van der Waals surface area contributed by atoms with Gasteiger partial charge >= 0.3 is 5.97 Å². The Labute approximate surface area is 235 Å². The van der Waals surface area contributed by atoms with Crippen LogP contribution >= 0.6 is 0 Å². The number of ether oxygens (including phenoxy) is 5. The van der Waals surface area contributed by atoms with E-state index in [9.17, 15) is 9.59 Å². The Morgan fingerprint density at radius 1 is 0.951 bits per heavy atom. The number of aromatic carboxylic acids is 1. The van der Waals surface area contributed by atoms with Gasteiger partial charge in [-0.25, -0.2) is 4.79 Å². The fraction of sp³-hybridized carbons (Fsp3) is 0.333. The number of methoxy groups -OCH3 is 2. The van der Waals surface area contributed by atoms with Gasteiger partial charge in [-0.2, -0.15) is 0 Å². The zero-order valence-electron chi connectivity index (χ0n) is 22.8. The molecule has 3 heterocycles. The van der Waals surface area contributed by atoms with Gasteiger partial charge in [0.1, 0.15) is 36.1 Å². The van der Waals surface area contributed by atoms with Crippen LogP contribution in [-0.4, -0.2) is 65.2 Å². The van der Waals surface area contributed by atoms with Crippen LogP contribution in [-0.2, 0) is 6.42 Å². The smallest absolute Gasteiger partial charge is 0.335 e. The molecule has 0 bridgehead atoms. The van der Waals surface area contributed by atoms with E-state index in [0.29, 0.717) is 41.1 Å². The first-order valence-corrected chi connectivity index (χ1v) is 12.9. The largest absolute Gasteiger partial charge is 0.504 e. The average Bonchev–Trinajstić information content (AvgIpc) is 3.40. The lowest BCUT2D eigenvalue weighted by molar-refractivity contribution is 0.0554. The molecule has 0 aliphatic carbocycles. The van der Waals surface area contributed by atoms with E-state index >= 15 is 0 Å². The van der Waals surface area contributed by atoms with Gasteiger partial charge in [-0.05, 0) is 36.2 Å². The topological polar surface area (TPSA) is 161 Å². The molecule has 3 atom stereocenters. The molecule has 0 saturated carbocycles. The maximum absolute atomic E-state index is 13.5. The molecule has 0 spiro atoms. The lowest BCUT2D eigenvalue weighted by atomic mass is 9.81. The second-order valence-corrected chi connectivity index (χ2v) is 10.2. The number of ketones is 1. The van der Waals surface area contributed by atoms with Crippen molar-refractivity contribution in [3.8, 4) is 46.0 Å². The van der Waals surface area contributed by atoms with E-state index in [0.717, 1.165) is 35.4 Å². The number of fused-ring (bicyclic) bond motifs is 6. The predicted octanol–water partition coefficient (Wildman–Crippen LogP) is 4.28. The predicted molar refractivity (Wildman–Crippen MR) is 144 cm³/mol. The van der Waals surface area contributed by atoms with Crippen LogP contribution in [0.25, 0.3) is 0 Å². The number of benzene rings is 3. The fourth-order valence-corrected chi connectivity index (χ4v) is 5.19. The molecule has 0 radical (unpaired) electrons. The third-order valence-corrected chi connectivity index (χ3v) is 7.40. The molecular formula is C30H30O11. The number of carbonyl (C=O) groups excluding carboxylic acids is 1. The molecule has 216 valence electrons. The van der Waals surface area contributed by atoms with Crippen molar-refractivity contribution in [2.75, 3.05) is 20.8 Å². The number of phenolic OH excluding ortho intramolecular Hbond substituents is 3. The molecule has 0 aromatic heterocycles. The Kier molecular flexibility index (Phi) is 7.20. The highest BCUT2D eigenvalue weighted by atomic mass is 16.5. The number of phenols is 3. The van der Waals surface area contributed by atoms with E-state index in [-0.39, 0.29) is 23.6 Å². The summed E-state index contributed by atoms with van der Waals surface area (Å²) < 4.78 is 29.2. The first-order valence-electron chi connectivity index (χ1n) is 12.9. The highest BCUT2D eigenvalue weighted by molar-refractivity contribution is 6.06. The molecule has 11 heteroatoms. The summed E-state index contributed by atoms with van der Waals surface area (Å²) in [4.78, 5) is 23.8. The van der Waals surface area contributed by atoms with Gasteiger partial charge in [0, 0.05) is 23.6 Å². The van der Waals surface area contributed by atoms with Crippen LogP contribution in [0.2, 0.25) is 0 Å². The van der Waals surface area contributed by atoms with Gasteiger partial charge in [0.25, 0.3) is 0 Å². The molecule has 6 rings (SSSR count). The lowest BCUT2D eigenvalue weighted by Crippen LogP contribution is -2.43. The Morgan fingerprint density at radius 3 is 2.22 bits per heavy atom. The second-order valence-electron chi connectivity index (χ2n) is 10.2. The normalized spacial score (nSPS) is 19.6. The van der Waals surface area contributed by atoms with Gasteiger partial charge in [-0.15, -0.1) is 0 Å². The van der Waals surface area contributed by atoms with Crippen LogP contribution in [0.15, 0.2) is 36.4 Å². The molecular weight excluding hydrogens is 536 g/mol. The molecule has 0 saturated heterocycles. The summed E-state index contributed by atoms with van der Waals surface area (Å²) in [6.07, 6.45) is 0.474. The lowest BCUT2D eigenvalue weighted by Gasteiger charge is -2.37. The summed E-state index contributed by atoms with van der Waals surface area (Å²) in [5.41, 5.74) is 2.08. The van der Waals surface area contributed by atoms with Gasteiger partial charge in [-0.3, -0.25) is 4.79 Å². The Bertz CT molecular complexity index is 1500. The summed E-state index contributed by atoms with van der Waals surface area (Å²) >= 11 is 0. The number of Topliss-reactive ketones (excluding diaryl/α,β-unsaturated/α-hetero) is 1. The van der Waals surface area contributed by atoms with E-state index in [1.54, 1.807) is 20.3 Å². The molecule has 3 aliphatic heterocycles. The molecule has 3 aromatic rings. The number of rotatable bonds is 4. The van der Waals surface area contributed by atoms with Crippen molar-refractivity contribution in [3.05, 3.63) is 58.7 Å².